The summed E-state index contributed by atoms with van der Waals surface area (Å²) in [4.78, 5) is 12.3. The van der Waals surface area contributed by atoms with Crippen LogP contribution in [-0.4, -0.2) is 33.7 Å². The van der Waals surface area contributed by atoms with Gasteiger partial charge in [-0.3, -0.25) is 9.10 Å². The number of hydrogen-bond donors (Lipinski definition) is 1. The van der Waals surface area contributed by atoms with E-state index < -0.39 is 10.0 Å². The average molecular weight is 445 g/mol. The lowest BCUT2D eigenvalue weighted by Crippen LogP contribution is -2.33. The Bertz CT molecular complexity index is 913. The van der Waals surface area contributed by atoms with Crippen molar-refractivity contribution in [2.75, 3.05) is 23.7 Å². The number of benzene rings is 2. The topological polar surface area (TPSA) is 66.5 Å². The van der Waals surface area contributed by atoms with E-state index in [1.54, 1.807) is 0 Å². The number of amides is 1. The van der Waals surface area contributed by atoms with Crippen LogP contribution in [0.4, 0.5) is 5.69 Å². The van der Waals surface area contributed by atoms with Crippen molar-refractivity contribution < 1.29 is 13.2 Å². The number of sulfonamides is 1. The van der Waals surface area contributed by atoms with Crippen LogP contribution in [0.25, 0.3) is 11.1 Å². The van der Waals surface area contributed by atoms with Crippen molar-refractivity contribution in [2.24, 2.45) is 5.92 Å². The molecule has 0 aliphatic heterocycles. The van der Waals surface area contributed by atoms with Crippen LogP contribution in [-0.2, 0) is 14.8 Å². The Morgan fingerprint density at radius 2 is 1.68 bits per heavy atom. The molecule has 0 aromatic heterocycles. The molecule has 1 amide bonds. The summed E-state index contributed by atoms with van der Waals surface area (Å²) in [5, 5.41) is 3.03. The normalized spacial score (nSPS) is 12.4. The number of para-hydroxylation sites is 1. The smallest absolute Gasteiger partial charge is 0.232 e. The van der Waals surface area contributed by atoms with Gasteiger partial charge in [-0.25, -0.2) is 8.42 Å². The van der Waals surface area contributed by atoms with Gasteiger partial charge in [-0.1, -0.05) is 81.6 Å². The molecule has 0 fully saturated rings. The van der Waals surface area contributed by atoms with Gasteiger partial charge in [0.1, 0.15) is 0 Å². The van der Waals surface area contributed by atoms with Gasteiger partial charge in [0.15, 0.2) is 0 Å². The van der Waals surface area contributed by atoms with Crippen LogP contribution >= 0.6 is 0 Å². The zero-order valence-electron chi connectivity index (χ0n) is 19.0. The van der Waals surface area contributed by atoms with E-state index in [0.29, 0.717) is 31.0 Å². The van der Waals surface area contributed by atoms with Gasteiger partial charge in [-0.05, 0) is 30.4 Å². The Hall–Kier alpha value is -2.34. The average Bonchev–Trinajstić information content (AvgIpc) is 2.76. The minimum Gasteiger partial charge on any atom is -0.356 e. The minimum absolute atomic E-state index is 0.0141. The molecule has 1 unspecified atom stereocenters. The zero-order valence-corrected chi connectivity index (χ0v) is 19.8. The first kappa shape index (κ1) is 24.9. The summed E-state index contributed by atoms with van der Waals surface area (Å²) in [6.07, 6.45) is 6.52. The van der Waals surface area contributed by atoms with E-state index in [-0.39, 0.29) is 12.5 Å². The van der Waals surface area contributed by atoms with E-state index >= 15 is 0 Å². The van der Waals surface area contributed by atoms with E-state index in [1.807, 2.05) is 54.6 Å². The predicted octanol–water partition coefficient (Wildman–Crippen LogP) is 5.23. The number of carbonyl (C=O) groups excluding carboxylic acids is 1. The van der Waals surface area contributed by atoms with Gasteiger partial charge < -0.3 is 5.32 Å². The zero-order chi connectivity index (χ0) is 22.7. The van der Waals surface area contributed by atoms with Gasteiger partial charge in [-0.2, -0.15) is 0 Å². The summed E-state index contributed by atoms with van der Waals surface area (Å²) < 4.78 is 26.6. The maximum atomic E-state index is 12.6. The van der Waals surface area contributed by atoms with Crippen molar-refractivity contribution in [2.45, 2.75) is 52.4 Å². The van der Waals surface area contributed by atoms with E-state index in [0.717, 1.165) is 30.4 Å². The van der Waals surface area contributed by atoms with Crippen molar-refractivity contribution in [3.05, 3.63) is 54.6 Å². The number of nitrogens with one attached hydrogen (secondary N) is 1. The molecule has 0 bridgehead atoms. The van der Waals surface area contributed by atoms with Crippen molar-refractivity contribution in [1.29, 1.82) is 0 Å². The third-order valence-electron chi connectivity index (χ3n) is 5.55. The predicted molar refractivity (Wildman–Crippen MR) is 130 cm³/mol. The highest BCUT2D eigenvalue weighted by Crippen LogP contribution is 2.32. The lowest BCUT2D eigenvalue weighted by atomic mass is 9.99. The molecule has 170 valence electrons. The highest BCUT2D eigenvalue weighted by molar-refractivity contribution is 7.92. The molecule has 6 heteroatoms. The molecule has 1 atom stereocenters. The molecule has 0 aliphatic carbocycles. The molecular formula is C25H36N2O3S. The first-order valence-electron chi connectivity index (χ1n) is 11.3. The summed E-state index contributed by atoms with van der Waals surface area (Å²) in [5.74, 6) is 0.494. The number of unbranched alkanes of at least 4 members (excludes halogenated alkanes) is 1. The lowest BCUT2D eigenvalue weighted by molar-refractivity contribution is -0.121. The maximum Gasteiger partial charge on any atom is 0.232 e. The Balaban J connectivity index is 2.03. The van der Waals surface area contributed by atoms with Gasteiger partial charge in [-0.15, -0.1) is 0 Å². The van der Waals surface area contributed by atoms with Crippen LogP contribution in [0.15, 0.2) is 54.6 Å². The largest absolute Gasteiger partial charge is 0.356 e. The number of anilines is 1. The van der Waals surface area contributed by atoms with Crippen molar-refractivity contribution in [3.8, 4) is 11.1 Å². The highest BCUT2D eigenvalue weighted by Gasteiger charge is 2.21. The van der Waals surface area contributed by atoms with Gasteiger partial charge in [0.2, 0.25) is 15.9 Å². The van der Waals surface area contributed by atoms with Gasteiger partial charge in [0, 0.05) is 25.1 Å². The molecule has 2 aromatic rings. The standard InChI is InChI=1S/C25H36N2O3S/c1-4-6-13-21(5-2)20-26-25(28)18-12-19-27(31(3,29)30)24-17-11-10-16-23(24)22-14-8-7-9-15-22/h7-11,14-17,21H,4-6,12-13,18-20H2,1-3H3,(H,26,28). The number of rotatable bonds is 13. The molecule has 0 saturated heterocycles. The third kappa shape index (κ3) is 8.02. The quantitative estimate of drug-likeness (QED) is 0.460. The second-order valence-corrected chi connectivity index (χ2v) is 9.95. The Morgan fingerprint density at radius 3 is 2.32 bits per heavy atom. The first-order chi connectivity index (χ1) is 14.9. The lowest BCUT2D eigenvalue weighted by Gasteiger charge is -2.25. The van der Waals surface area contributed by atoms with Crippen molar-refractivity contribution in [1.82, 2.24) is 5.32 Å². The number of nitrogens with zero attached hydrogens (tertiary/aromatic N) is 1. The molecule has 0 aliphatic rings. The van der Waals surface area contributed by atoms with E-state index in [4.69, 9.17) is 0 Å². The second-order valence-electron chi connectivity index (χ2n) is 8.04. The minimum atomic E-state index is -3.48. The summed E-state index contributed by atoms with van der Waals surface area (Å²) in [7, 11) is -3.48. The Kier molecular flexibility index (Phi) is 10.0. The molecule has 5 nitrogen and oxygen atoms in total. The third-order valence-corrected chi connectivity index (χ3v) is 6.73. The Labute approximate surface area is 187 Å². The molecule has 1 N–H and O–H groups in total. The fourth-order valence-electron chi connectivity index (χ4n) is 3.69. The van der Waals surface area contributed by atoms with Crippen LogP contribution in [0.3, 0.4) is 0 Å². The van der Waals surface area contributed by atoms with Gasteiger partial charge in [0.25, 0.3) is 0 Å². The van der Waals surface area contributed by atoms with Crippen LogP contribution in [0.5, 0.6) is 0 Å². The van der Waals surface area contributed by atoms with E-state index in [1.165, 1.54) is 17.0 Å². The van der Waals surface area contributed by atoms with E-state index in [9.17, 15) is 13.2 Å². The first-order valence-corrected chi connectivity index (χ1v) is 13.1. The molecule has 0 saturated carbocycles. The van der Waals surface area contributed by atoms with Crippen LogP contribution in [0.1, 0.15) is 52.4 Å². The van der Waals surface area contributed by atoms with Crippen LogP contribution in [0.2, 0.25) is 0 Å². The second kappa shape index (κ2) is 12.5. The molecule has 0 radical (unpaired) electrons. The molecule has 2 rings (SSSR count). The van der Waals surface area contributed by atoms with Crippen LogP contribution in [0, 0.1) is 5.92 Å². The van der Waals surface area contributed by atoms with Crippen molar-refractivity contribution >= 4 is 21.6 Å². The SMILES string of the molecule is CCCCC(CC)CNC(=O)CCCN(c1ccccc1-c1ccccc1)S(C)(=O)=O. The fourth-order valence-corrected chi connectivity index (χ4v) is 4.67. The summed E-state index contributed by atoms with van der Waals surface area (Å²) in [6.45, 7) is 5.29. The summed E-state index contributed by atoms with van der Waals surface area (Å²) in [5.41, 5.74) is 2.46. The monoisotopic (exact) mass is 444 g/mol. The number of carbonyl (C=O) groups is 1. The highest BCUT2D eigenvalue weighted by atomic mass is 32.2. The molecule has 0 heterocycles. The van der Waals surface area contributed by atoms with Crippen molar-refractivity contribution in [3.63, 3.8) is 0 Å². The van der Waals surface area contributed by atoms with Crippen LogP contribution < -0.4 is 9.62 Å². The van der Waals surface area contributed by atoms with Gasteiger partial charge >= 0.3 is 0 Å². The molecule has 0 spiro atoms. The molecule has 2 aromatic carbocycles. The Morgan fingerprint density at radius 1 is 1.00 bits per heavy atom. The number of hydrogen-bond acceptors (Lipinski definition) is 3. The summed E-state index contributed by atoms with van der Waals surface area (Å²) in [6, 6.07) is 17.2. The fraction of sp³-hybridized carbons (Fsp3) is 0.480. The van der Waals surface area contributed by atoms with E-state index in [2.05, 4.69) is 19.2 Å². The maximum absolute atomic E-state index is 12.6. The molecular weight excluding hydrogens is 408 g/mol. The molecule has 31 heavy (non-hydrogen) atoms. The summed E-state index contributed by atoms with van der Waals surface area (Å²) >= 11 is 0. The van der Waals surface area contributed by atoms with Gasteiger partial charge in [0.05, 0.1) is 11.9 Å².